The van der Waals surface area contributed by atoms with Crippen LogP contribution >= 0.6 is 0 Å². The molecule has 2 aromatic rings. The Morgan fingerprint density at radius 1 is 1.08 bits per heavy atom. The Labute approximate surface area is 142 Å². The second kappa shape index (κ2) is 7.59. The summed E-state index contributed by atoms with van der Waals surface area (Å²) in [5.74, 6) is -0.399. The van der Waals surface area contributed by atoms with Gasteiger partial charge in [0.2, 0.25) is 5.91 Å². The molecule has 0 aliphatic heterocycles. The van der Waals surface area contributed by atoms with Crippen molar-refractivity contribution in [2.75, 3.05) is 5.32 Å². The Kier molecular flexibility index (Phi) is 5.75. The first-order valence-corrected chi connectivity index (χ1v) is 9.43. The zero-order valence-electron chi connectivity index (χ0n) is 13.8. The van der Waals surface area contributed by atoms with Crippen LogP contribution in [0.15, 0.2) is 54.6 Å². The van der Waals surface area contributed by atoms with E-state index in [0.717, 1.165) is 0 Å². The number of nitrogens with one attached hydrogen (secondary N) is 1. The second-order valence-electron chi connectivity index (χ2n) is 5.93. The number of nitrogens with two attached hydrogens (primary N) is 1. The van der Waals surface area contributed by atoms with Gasteiger partial charge < -0.3 is 11.1 Å². The van der Waals surface area contributed by atoms with Crippen molar-refractivity contribution in [2.45, 2.75) is 30.9 Å². The molecule has 6 heteroatoms. The Bertz CT molecular complexity index is 802. The van der Waals surface area contributed by atoms with E-state index < -0.39 is 21.1 Å². The van der Waals surface area contributed by atoms with E-state index in [1.54, 1.807) is 50.2 Å². The van der Waals surface area contributed by atoms with E-state index in [1.807, 2.05) is 18.2 Å². The molecule has 1 unspecified atom stereocenters. The maximum Gasteiger partial charge on any atom is 0.245 e. The second-order valence-corrected chi connectivity index (χ2v) is 8.49. The molecular weight excluding hydrogens is 324 g/mol. The number of sulfone groups is 1. The summed E-state index contributed by atoms with van der Waals surface area (Å²) >= 11 is 0. The Hall–Kier alpha value is -2.18. The van der Waals surface area contributed by atoms with E-state index in [1.165, 1.54) is 0 Å². The molecule has 24 heavy (non-hydrogen) atoms. The van der Waals surface area contributed by atoms with Crippen LogP contribution in [0, 0.1) is 0 Å². The van der Waals surface area contributed by atoms with Crippen LogP contribution in [0.5, 0.6) is 0 Å². The molecule has 5 nitrogen and oxygen atoms in total. The first-order chi connectivity index (χ1) is 11.3. The highest BCUT2D eigenvalue weighted by molar-refractivity contribution is 7.91. The van der Waals surface area contributed by atoms with Crippen molar-refractivity contribution in [2.24, 2.45) is 5.73 Å². The Morgan fingerprint density at radius 2 is 1.75 bits per heavy atom. The fourth-order valence-corrected chi connectivity index (χ4v) is 3.15. The molecule has 0 aromatic heterocycles. The van der Waals surface area contributed by atoms with Crippen LogP contribution in [0.3, 0.4) is 0 Å². The van der Waals surface area contributed by atoms with E-state index in [0.29, 0.717) is 16.8 Å². The number of hydrogen-bond donors (Lipinski definition) is 2. The number of carbonyl (C=O) groups excluding carboxylic acids is 1. The molecule has 0 saturated heterocycles. The van der Waals surface area contributed by atoms with Gasteiger partial charge in [0, 0.05) is 5.69 Å². The summed E-state index contributed by atoms with van der Waals surface area (Å²) in [6.07, 6.45) is 0. The zero-order valence-corrected chi connectivity index (χ0v) is 14.6. The highest BCUT2D eigenvalue weighted by atomic mass is 32.2. The SMILES string of the molecule is CC(C)S(=O)(=O)Cc1cccc(NC(=O)C(N)c2ccccc2)c1. The largest absolute Gasteiger partial charge is 0.324 e. The van der Waals surface area contributed by atoms with Crippen molar-refractivity contribution in [3.05, 3.63) is 65.7 Å². The van der Waals surface area contributed by atoms with Crippen LogP contribution in [0.2, 0.25) is 0 Å². The summed E-state index contributed by atoms with van der Waals surface area (Å²) in [6.45, 7) is 3.31. The summed E-state index contributed by atoms with van der Waals surface area (Å²) in [4.78, 5) is 12.3. The molecule has 1 amide bonds. The molecule has 0 bridgehead atoms. The number of anilines is 1. The monoisotopic (exact) mass is 346 g/mol. The van der Waals surface area contributed by atoms with E-state index in [4.69, 9.17) is 5.73 Å². The van der Waals surface area contributed by atoms with Crippen molar-refractivity contribution in [1.29, 1.82) is 0 Å². The highest BCUT2D eigenvalue weighted by Crippen LogP contribution is 2.18. The van der Waals surface area contributed by atoms with Crippen molar-refractivity contribution >= 4 is 21.4 Å². The minimum atomic E-state index is -3.19. The van der Waals surface area contributed by atoms with Crippen molar-refractivity contribution in [1.82, 2.24) is 0 Å². The minimum Gasteiger partial charge on any atom is -0.324 e. The van der Waals surface area contributed by atoms with E-state index in [2.05, 4.69) is 5.32 Å². The van der Waals surface area contributed by atoms with E-state index in [9.17, 15) is 13.2 Å². The minimum absolute atomic E-state index is 0.0564. The van der Waals surface area contributed by atoms with Crippen LogP contribution in [0.25, 0.3) is 0 Å². The van der Waals surface area contributed by atoms with Crippen molar-refractivity contribution < 1.29 is 13.2 Å². The van der Waals surface area contributed by atoms with Gasteiger partial charge in [-0.15, -0.1) is 0 Å². The first-order valence-electron chi connectivity index (χ1n) is 7.71. The van der Waals surface area contributed by atoms with Gasteiger partial charge in [0.15, 0.2) is 9.84 Å². The molecular formula is C18H22N2O3S. The summed E-state index contributed by atoms with van der Waals surface area (Å²) in [5, 5.41) is 2.29. The van der Waals surface area contributed by atoms with E-state index >= 15 is 0 Å². The van der Waals surface area contributed by atoms with Crippen LogP contribution in [0.4, 0.5) is 5.69 Å². The van der Waals surface area contributed by atoms with Gasteiger partial charge >= 0.3 is 0 Å². The number of rotatable bonds is 6. The summed E-state index contributed by atoms with van der Waals surface area (Å²) in [7, 11) is -3.19. The lowest BCUT2D eigenvalue weighted by molar-refractivity contribution is -0.117. The van der Waals surface area contributed by atoms with Gasteiger partial charge in [0.25, 0.3) is 0 Å². The normalized spacial score (nSPS) is 12.8. The molecule has 0 fully saturated rings. The fraction of sp³-hybridized carbons (Fsp3) is 0.278. The third-order valence-electron chi connectivity index (χ3n) is 3.72. The molecule has 0 aliphatic carbocycles. The quantitative estimate of drug-likeness (QED) is 0.841. The Morgan fingerprint density at radius 3 is 2.38 bits per heavy atom. The zero-order chi connectivity index (χ0) is 17.7. The highest BCUT2D eigenvalue weighted by Gasteiger charge is 2.18. The van der Waals surface area contributed by atoms with Crippen LogP contribution in [-0.2, 0) is 20.4 Å². The van der Waals surface area contributed by atoms with Crippen molar-refractivity contribution in [3.8, 4) is 0 Å². The van der Waals surface area contributed by atoms with Gasteiger partial charge in [-0.2, -0.15) is 0 Å². The number of carbonyl (C=O) groups is 1. The molecule has 128 valence electrons. The van der Waals surface area contributed by atoms with Crippen LogP contribution in [0.1, 0.15) is 31.0 Å². The maximum atomic E-state index is 12.3. The number of amides is 1. The molecule has 0 spiro atoms. The van der Waals surface area contributed by atoms with Gasteiger partial charge in [-0.3, -0.25) is 4.79 Å². The van der Waals surface area contributed by atoms with Gasteiger partial charge in [-0.05, 0) is 37.1 Å². The predicted octanol–water partition coefficient (Wildman–Crippen LogP) is 2.65. The average Bonchev–Trinajstić information content (AvgIpc) is 2.54. The summed E-state index contributed by atoms with van der Waals surface area (Å²) < 4.78 is 24.0. The van der Waals surface area contributed by atoms with Crippen molar-refractivity contribution in [3.63, 3.8) is 0 Å². The third kappa shape index (κ3) is 4.66. The lowest BCUT2D eigenvalue weighted by atomic mass is 10.1. The number of hydrogen-bond acceptors (Lipinski definition) is 4. The van der Waals surface area contributed by atoms with Crippen LogP contribution < -0.4 is 11.1 Å². The summed E-state index contributed by atoms with van der Waals surface area (Å²) in [6, 6.07) is 15.1. The molecule has 0 radical (unpaired) electrons. The lowest BCUT2D eigenvalue weighted by Crippen LogP contribution is -2.27. The molecule has 0 heterocycles. The molecule has 1 atom stereocenters. The Balaban J connectivity index is 2.11. The number of benzene rings is 2. The van der Waals surface area contributed by atoms with Gasteiger partial charge in [-0.25, -0.2) is 8.42 Å². The molecule has 0 saturated carbocycles. The fourth-order valence-electron chi connectivity index (χ4n) is 2.17. The molecule has 2 rings (SSSR count). The summed E-state index contributed by atoms with van der Waals surface area (Å²) in [5.41, 5.74) is 7.84. The van der Waals surface area contributed by atoms with E-state index in [-0.39, 0.29) is 11.7 Å². The maximum absolute atomic E-state index is 12.3. The third-order valence-corrected chi connectivity index (χ3v) is 5.89. The van der Waals surface area contributed by atoms with Crippen LogP contribution in [-0.4, -0.2) is 19.6 Å². The smallest absolute Gasteiger partial charge is 0.245 e. The predicted molar refractivity (Wildman–Crippen MR) is 96.2 cm³/mol. The molecule has 2 aromatic carbocycles. The topological polar surface area (TPSA) is 89.3 Å². The first kappa shape index (κ1) is 18.2. The van der Waals surface area contributed by atoms with Gasteiger partial charge in [-0.1, -0.05) is 42.5 Å². The van der Waals surface area contributed by atoms with Gasteiger partial charge in [0.1, 0.15) is 6.04 Å². The van der Waals surface area contributed by atoms with Gasteiger partial charge in [0.05, 0.1) is 11.0 Å². The average molecular weight is 346 g/mol. The molecule has 3 N–H and O–H groups in total. The molecule has 0 aliphatic rings. The standard InChI is InChI=1S/C18H22N2O3S/c1-13(2)24(22,23)12-14-7-6-10-16(11-14)20-18(21)17(19)15-8-4-3-5-9-15/h3-11,13,17H,12,19H2,1-2H3,(H,20,21). The lowest BCUT2D eigenvalue weighted by Gasteiger charge is -2.13.